The molecule has 2 aromatic rings. The third-order valence-electron chi connectivity index (χ3n) is 4.94. The first-order chi connectivity index (χ1) is 12.1. The quantitative estimate of drug-likeness (QED) is 0.606. The Labute approximate surface area is 147 Å². The molecule has 134 valence electrons. The molecular formula is C20H25NO4. The van der Waals surface area contributed by atoms with E-state index in [4.69, 9.17) is 4.74 Å². The van der Waals surface area contributed by atoms with E-state index in [2.05, 4.69) is 17.4 Å². The number of phenols is 2. The molecule has 2 aromatic carbocycles. The van der Waals surface area contributed by atoms with Crippen LogP contribution in [-0.2, 0) is 6.42 Å². The van der Waals surface area contributed by atoms with Gasteiger partial charge in [-0.2, -0.15) is 0 Å². The Balaban J connectivity index is 1.52. The maximum Gasteiger partial charge on any atom is 0.157 e. The van der Waals surface area contributed by atoms with Crippen molar-refractivity contribution >= 4 is 0 Å². The average Bonchev–Trinajstić information content (AvgIpc) is 3.11. The third-order valence-corrected chi connectivity index (χ3v) is 4.94. The van der Waals surface area contributed by atoms with E-state index in [1.165, 1.54) is 17.7 Å². The van der Waals surface area contributed by atoms with Gasteiger partial charge in [0.25, 0.3) is 0 Å². The summed E-state index contributed by atoms with van der Waals surface area (Å²) in [6.45, 7) is 0. The number of aliphatic hydroxyl groups is 1. The summed E-state index contributed by atoms with van der Waals surface area (Å²) in [6.07, 6.45) is 3.19. The Bertz CT molecular complexity index is 701. The average molecular weight is 343 g/mol. The van der Waals surface area contributed by atoms with Gasteiger partial charge in [0, 0.05) is 12.1 Å². The molecule has 1 saturated heterocycles. The summed E-state index contributed by atoms with van der Waals surface area (Å²) in [4.78, 5) is 0. The van der Waals surface area contributed by atoms with E-state index in [1.54, 1.807) is 13.2 Å². The molecule has 3 rings (SSSR count). The molecule has 0 bridgehead atoms. The van der Waals surface area contributed by atoms with Crippen LogP contribution in [0.3, 0.4) is 0 Å². The fraction of sp³-hybridized carbons (Fsp3) is 0.400. The van der Waals surface area contributed by atoms with Crippen molar-refractivity contribution in [3.05, 3.63) is 53.6 Å². The van der Waals surface area contributed by atoms with Gasteiger partial charge in [-0.05, 0) is 61.1 Å². The highest BCUT2D eigenvalue weighted by Gasteiger charge is 2.30. The van der Waals surface area contributed by atoms with Gasteiger partial charge >= 0.3 is 0 Å². The van der Waals surface area contributed by atoms with Crippen LogP contribution in [0.1, 0.15) is 36.5 Å². The van der Waals surface area contributed by atoms with Crippen LogP contribution < -0.4 is 10.1 Å². The van der Waals surface area contributed by atoms with Crippen molar-refractivity contribution in [3.8, 4) is 17.2 Å². The normalized spacial score (nSPS) is 21.2. The van der Waals surface area contributed by atoms with E-state index >= 15 is 0 Å². The SMILES string of the molecule is COc1ccc(CCC2CCC(C(O)c3ccc(O)c(O)c3)N2)cc1. The molecule has 1 fully saturated rings. The maximum absolute atomic E-state index is 10.5. The first kappa shape index (κ1) is 17.6. The molecule has 0 spiro atoms. The molecule has 5 heteroatoms. The minimum Gasteiger partial charge on any atom is -0.504 e. The number of aliphatic hydroxyl groups excluding tert-OH is 1. The lowest BCUT2D eigenvalue weighted by Gasteiger charge is -2.21. The Morgan fingerprint density at radius 3 is 2.52 bits per heavy atom. The monoisotopic (exact) mass is 343 g/mol. The molecule has 25 heavy (non-hydrogen) atoms. The van der Waals surface area contributed by atoms with Crippen LogP contribution >= 0.6 is 0 Å². The van der Waals surface area contributed by atoms with Crippen LogP contribution in [0.2, 0.25) is 0 Å². The van der Waals surface area contributed by atoms with E-state index in [0.29, 0.717) is 11.6 Å². The highest BCUT2D eigenvalue weighted by molar-refractivity contribution is 5.41. The van der Waals surface area contributed by atoms with Crippen molar-refractivity contribution in [2.75, 3.05) is 7.11 Å². The van der Waals surface area contributed by atoms with Crippen LogP contribution in [0.15, 0.2) is 42.5 Å². The molecule has 4 N–H and O–H groups in total. The number of methoxy groups -OCH3 is 1. The Morgan fingerprint density at radius 1 is 1.08 bits per heavy atom. The van der Waals surface area contributed by atoms with Crippen molar-refractivity contribution in [1.82, 2.24) is 5.32 Å². The third kappa shape index (κ3) is 4.24. The predicted molar refractivity (Wildman–Crippen MR) is 96.0 cm³/mol. The number of hydrogen-bond donors (Lipinski definition) is 4. The minimum atomic E-state index is -0.697. The van der Waals surface area contributed by atoms with Crippen LogP contribution in [-0.4, -0.2) is 34.5 Å². The standard InChI is InChI=1S/C20H25NO4/c1-25-16-8-3-13(4-9-16)2-6-15-7-10-17(21-15)20(24)14-5-11-18(22)19(23)12-14/h3-5,8-9,11-12,15,17,20-24H,2,6-7,10H2,1H3. The number of phenolic OH excluding ortho intramolecular Hbond substituents is 2. The fourth-order valence-corrected chi connectivity index (χ4v) is 3.42. The van der Waals surface area contributed by atoms with Crippen molar-refractivity contribution < 1.29 is 20.1 Å². The van der Waals surface area contributed by atoms with E-state index in [0.717, 1.165) is 31.4 Å². The van der Waals surface area contributed by atoms with Crippen LogP contribution in [0.5, 0.6) is 17.2 Å². The highest BCUT2D eigenvalue weighted by Crippen LogP contribution is 2.32. The zero-order chi connectivity index (χ0) is 17.8. The van der Waals surface area contributed by atoms with Gasteiger partial charge < -0.3 is 25.4 Å². The Kier molecular flexibility index (Phi) is 5.46. The van der Waals surface area contributed by atoms with E-state index in [-0.39, 0.29) is 17.5 Å². The van der Waals surface area contributed by atoms with Gasteiger partial charge in [-0.15, -0.1) is 0 Å². The van der Waals surface area contributed by atoms with Gasteiger partial charge in [-0.1, -0.05) is 18.2 Å². The smallest absolute Gasteiger partial charge is 0.157 e. The molecule has 3 unspecified atom stereocenters. The molecule has 0 aromatic heterocycles. The van der Waals surface area contributed by atoms with Gasteiger partial charge in [-0.25, -0.2) is 0 Å². The van der Waals surface area contributed by atoms with Crippen molar-refractivity contribution in [1.29, 1.82) is 0 Å². The zero-order valence-electron chi connectivity index (χ0n) is 14.4. The molecular weight excluding hydrogens is 318 g/mol. The van der Waals surface area contributed by atoms with Gasteiger partial charge in [0.15, 0.2) is 11.5 Å². The van der Waals surface area contributed by atoms with Gasteiger partial charge in [0.05, 0.1) is 13.2 Å². The van der Waals surface area contributed by atoms with Gasteiger partial charge in [-0.3, -0.25) is 0 Å². The summed E-state index contributed by atoms with van der Waals surface area (Å²) < 4.78 is 5.17. The largest absolute Gasteiger partial charge is 0.504 e. The Morgan fingerprint density at radius 2 is 1.84 bits per heavy atom. The van der Waals surface area contributed by atoms with Crippen LogP contribution in [0.25, 0.3) is 0 Å². The summed E-state index contributed by atoms with van der Waals surface area (Å²) in [6, 6.07) is 12.9. The van der Waals surface area contributed by atoms with E-state index < -0.39 is 6.10 Å². The molecule has 0 amide bonds. The van der Waals surface area contributed by atoms with Crippen LogP contribution in [0, 0.1) is 0 Å². The second kappa shape index (κ2) is 7.76. The first-order valence-electron chi connectivity index (χ1n) is 8.65. The number of rotatable bonds is 6. The number of aryl methyl sites for hydroxylation is 1. The highest BCUT2D eigenvalue weighted by atomic mass is 16.5. The molecule has 0 saturated carbocycles. The molecule has 3 atom stereocenters. The second-order valence-electron chi connectivity index (χ2n) is 6.63. The summed E-state index contributed by atoms with van der Waals surface area (Å²) in [5.41, 5.74) is 1.89. The van der Waals surface area contributed by atoms with Crippen molar-refractivity contribution in [2.24, 2.45) is 0 Å². The summed E-state index contributed by atoms with van der Waals surface area (Å²) in [5.74, 6) is 0.487. The lowest BCUT2D eigenvalue weighted by Crippen LogP contribution is -2.34. The molecule has 5 nitrogen and oxygen atoms in total. The number of benzene rings is 2. The maximum atomic E-state index is 10.5. The summed E-state index contributed by atoms with van der Waals surface area (Å²) in [5, 5.41) is 33.0. The van der Waals surface area contributed by atoms with Crippen LogP contribution in [0.4, 0.5) is 0 Å². The molecule has 1 aliphatic heterocycles. The van der Waals surface area contributed by atoms with Gasteiger partial charge in [0.2, 0.25) is 0 Å². The molecule has 1 aliphatic rings. The number of aromatic hydroxyl groups is 2. The minimum absolute atomic E-state index is 0.0372. The first-order valence-corrected chi connectivity index (χ1v) is 8.65. The number of hydrogen-bond acceptors (Lipinski definition) is 5. The molecule has 0 radical (unpaired) electrons. The Hall–Kier alpha value is -2.24. The summed E-state index contributed by atoms with van der Waals surface area (Å²) in [7, 11) is 1.66. The molecule has 0 aliphatic carbocycles. The molecule has 1 heterocycles. The fourth-order valence-electron chi connectivity index (χ4n) is 3.42. The lowest BCUT2D eigenvalue weighted by atomic mass is 10.0. The summed E-state index contributed by atoms with van der Waals surface area (Å²) >= 11 is 0. The van der Waals surface area contributed by atoms with E-state index in [9.17, 15) is 15.3 Å². The second-order valence-corrected chi connectivity index (χ2v) is 6.63. The topological polar surface area (TPSA) is 82.0 Å². The zero-order valence-corrected chi connectivity index (χ0v) is 14.4. The van der Waals surface area contributed by atoms with Crippen molar-refractivity contribution in [3.63, 3.8) is 0 Å². The number of ether oxygens (including phenoxy) is 1. The number of nitrogens with one attached hydrogen (secondary N) is 1. The van der Waals surface area contributed by atoms with Crippen molar-refractivity contribution in [2.45, 2.75) is 43.9 Å². The lowest BCUT2D eigenvalue weighted by molar-refractivity contribution is 0.134. The van der Waals surface area contributed by atoms with Gasteiger partial charge in [0.1, 0.15) is 5.75 Å². The predicted octanol–water partition coefficient (Wildman–Crippen LogP) is 2.89. The van der Waals surface area contributed by atoms with E-state index in [1.807, 2.05) is 12.1 Å².